The molecule has 37 heavy (non-hydrogen) atoms. The number of hydrogen-bond acceptors (Lipinski definition) is 9. The van der Waals surface area contributed by atoms with Gasteiger partial charge in [0.05, 0.1) is 30.0 Å². The van der Waals surface area contributed by atoms with Crippen LogP contribution < -0.4 is 20.1 Å². The summed E-state index contributed by atoms with van der Waals surface area (Å²) in [4.78, 5) is 13.7. The van der Waals surface area contributed by atoms with E-state index in [2.05, 4.69) is 34.4 Å². The number of thioether (sulfide) groups is 1. The molecule has 0 aliphatic rings. The summed E-state index contributed by atoms with van der Waals surface area (Å²) in [6.07, 6.45) is 2.86. The van der Waals surface area contributed by atoms with Crippen molar-refractivity contribution < 1.29 is 14.2 Å². The quantitative estimate of drug-likeness (QED) is 0.230. The molecule has 0 unspecified atom stereocenters. The van der Waals surface area contributed by atoms with Gasteiger partial charge in [0.15, 0.2) is 5.82 Å². The summed E-state index contributed by atoms with van der Waals surface area (Å²) in [6.45, 7) is 9.85. The van der Waals surface area contributed by atoms with E-state index in [0.29, 0.717) is 50.1 Å². The Labute approximate surface area is 235 Å². The van der Waals surface area contributed by atoms with E-state index < -0.39 is 0 Å². The first-order valence-corrected chi connectivity index (χ1v) is 14.1. The van der Waals surface area contributed by atoms with Crippen LogP contribution in [0, 0.1) is 0 Å². The number of pyridine rings is 1. The molecule has 0 spiro atoms. The highest BCUT2D eigenvalue weighted by Gasteiger charge is 2.21. The molecule has 2 heterocycles. The van der Waals surface area contributed by atoms with E-state index in [0.717, 1.165) is 36.5 Å². The number of rotatable bonds is 11. The zero-order valence-electron chi connectivity index (χ0n) is 23.0. The lowest BCUT2D eigenvalue weighted by atomic mass is 10.1. The van der Waals surface area contributed by atoms with E-state index in [9.17, 15) is 0 Å². The molecule has 0 fully saturated rings. The maximum Gasteiger partial charge on any atom is 0.223 e. The van der Waals surface area contributed by atoms with Crippen LogP contribution in [0.25, 0.3) is 22.2 Å². The Morgan fingerprint density at radius 1 is 0.973 bits per heavy atom. The molecule has 0 saturated carbocycles. The molecule has 1 aromatic carbocycles. The average Bonchev–Trinajstić information content (AvgIpc) is 2.93. The van der Waals surface area contributed by atoms with Gasteiger partial charge in [-0.05, 0) is 18.2 Å². The van der Waals surface area contributed by atoms with Crippen molar-refractivity contribution in [3.05, 3.63) is 28.4 Å². The average molecular weight is 573 g/mol. The summed E-state index contributed by atoms with van der Waals surface area (Å²) < 4.78 is 15.5. The number of anilines is 2. The summed E-state index contributed by atoms with van der Waals surface area (Å²) in [6, 6.07) is 3.51. The Bertz CT molecular complexity index is 1080. The molecular formula is C26H39Cl2N5O3S. The molecule has 3 aromatic rings. The van der Waals surface area contributed by atoms with Crippen LogP contribution in [-0.4, -0.2) is 68.0 Å². The van der Waals surface area contributed by atoms with Crippen LogP contribution >= 0.6 is 35.0 Å². The lowest BCUT2D eigenvalue weighted by Gasteiger charge is -2.16. The first-order valence-electron chi connectivity index (χ1n) is 12.2. The van der Waals surface area contributed by atoms with Gasteiger partial charge in [-0.3, -0.25) is 0 Å². The summed E-state index contributed by atoms with van der Waals surface area (Å²) in [7, 11) is 6.56. The number of hydrogen-bond donors (Lipinski definition) is 2. The third kappa shape index (κ3) is 9.25. The van der Waals surface area contributed by atoms with Crippen molar-refractivity contribution in [3.63, 3.8) is 0 Å². The summed E-state index contributed by atoms with van der Waals surface area (Å²) in [5, 5.41) is 7.86. The molecule has 8 nitrogen and oxygen atoms in total. The minimum absolute atomic E-state index is 0.357. The third-order valence-electron chi connectivity index (χ3n) is 4.77. The van der Waals surface area contributed by atoms with Crippen molar-refractivity contribution in [2.45, 2.75) is 34.1 Å². The monoisotopic (exact) mass is 571 g/mol. The largest absolute Gasteiger partial charge is 0.495 e. The molecule has 2 N–H and O–H groups in total. The number of fused-ring (bicyclic) bond motifs is 1. The van der Waals surface area contributed by atoms with E-state index in [4.69, 9.17) is 42.4 Å². The second-order valence-corrected chi connectivity index (χ2v) is 9.29. The number of nitrogens with zero attached hydrogens (tertiary/aromatic N) is 3. The van der Waals surface area contributed by atoms with Crippen LogP contribution in [0.4, 0.5) is 11.8 Å². The molecule has 0 amide bonds. The molecule has 0 aliphatic heterocycles. The number of ether oxygens (including phenoxy) is 3. The Morgan fingerprint density at radius 3 is 2.11 bits per heavy atom. The van der Waals surface area contributed by atoms with E-state index in [-0.39, 0.29) is 0 Å². The molecule has 0 bridgehead atoms. The predicted octanol–water partition coefficient (Wildman–Crippen LogP) is 7.29. The molecule has 3 rings (SSSR count). The highest BCUT2D eigenvalue weighted by Crippen LogP contribution is 2.46. The topological polar surface area (TPSA) is 90.4 Å². The highest BCUT2D eigenvalue weighted by molar-refractivity contribution is 7.99. The minimum Gasteiger partial charge on any atom is -0.495 e. The van der Waals surface area contributed by atoms with Gasteiger partial charge in [-0.15, -0.1) is 0 Å². The zero-order chi connectivity index (χ0) is 27.8. The number of aromatic nitrogens is 3. The lowest BCUT2D eigenvalue weighted by molar-refractivity contribution is 0.199. The summed E-state index contributed by atoms with van der Waals surface area (Å²) in [5.74, 6) is 4.05. The van der Waals surface area contributed by atoms with Gasteiger partial charge in [0.25, 0.3) is 0 Å². The zero-order valence-corrected chi connectivity index (χ0v) is 25.3. The Hall–Kier alpha value is -2.20. The summed E-state index contributed by atoms with van der Waals surface area (Å²) in [5.41, 5.74) is 1.81. The molecule has 206 valence electrons. The van der Waals surface area contributed by atoms with E-state index in [1.165, 1.54) is 14.2 Å². The molecule has 0 atom stereocenters. The van der Waals surface area contributed by atoms with Crippen molar-refractivity contribution in [2.75, 3.05) is 63.7 Å². The van der Waals surface area contributed by atoms with Crippen LogP contribution in [0.5, 0.6) is 11.5 Å². The first kappa shape index (κ1) is 32.8. The minimum atomic E-state index is 0.357. The van der Waals surface area contributed by atoms with Crippen LogP contribution in [0.2, 0.25) is 10.0 Å². The van der Waals surface area contributed by atoms with Crippen molar-refractivity contribution >= 4 is 57.6 Å². The second kappa shape index (κ2) is 18.1. The van der Waals surface area contributed by atoms with Crippen LogP contribution in [0.3, 0.4) is 0 Å². The molecule has 0 radical (unpaired) electrons. The maximum atomic E-state index is 6.60. The highest BCUT2D eigenvalue weighted by atomic mass is 35.5. The smallest absolute Gasteiger partial charge is 0.223 e. The van der Waals surface area contributed by atoms with Crippen molar-refractivity contribution in [1.82, 2.24) is 15.0 Å². The van der Waals surface area contributed by atoms with Gasteiger partial charge in [0, 0.05) is 56.3 Å². The first-order chi connectivity index (χ1) is 17.9. The summed E-state index contributed by atoms with van der Waals surface area (Å²) >= 11 is 15.1. The predicted molar refractivity (Wildman–Crippen MR) is 160 cm³/mol. The molecule has 11 heteroatoms. The Kier molecular flexibility index (Phi) is 16.1. The standard InChI is InChI=1S/C20H23Cl2N5O2S.C4H10O.C2H6/c1-5-30-7-6-24-19-18-11(10-25-20(23-2)27-18)8-12(26-19)15-16(21)13(28-3)9-14(29-4)17(15)22;1-3-4-5-2;1-2/h8-10H,5-7H2,1-4H3,(H,24,26)(H,23,25,27);3-4H2,1-2H3;1-2H3. The molecular weight excluding hydrogens is 533 g/mol. The number of methoxy groups -OCH3 is 3. The van der Waals surface area contributed by atoms with Crippen molar-refractivity contribution in [2.24, 2.45) is 0 Å². The third-order valence-corrected chi connectivity index (χ3v) is 6.42. The molecule has 0 aliphatic carbocycles. The normalized spacial score (nSPS) is 10.1. The number of nitrogens with one attached hydrogen (secondary N) is 2. The van der Waals surface area contributed by atoms with Crippen molar-refractivity contribution in [1.29, 1.82) is 0 Å². The van der Waals surface area contributed by atoms with Crippen LogP contribution in [0.1, 0.15) is 34.1 Å². The van der Waals surface area contributed by atoms with Gasteiger partial charge in [-0.25, -0.2) is 15.0 Å². The number of halogens is 2. The van der Waals surface area contributed by atoms with Gasteiger partial charge in [-0.1, -0.05) is 50.9 Å². The van der Waals surface area contributed by atoms with Gasteiger partial charge in [0.1, 0.15) is 17.0 Å². The van der Waals surface area contributed by atoms with E-state index in [1.54, 1.807) is 26.4 Å². The van der Waals surface area contributed by atoms with Crippen molar-refractivity contribution in [3.8, 4) is 22.8 Å². The van der Waals surface area contributed by atoms with E-state index in [1.807, 2.05) is 31.7 Å². The second-order valence-electron chi connectivity index (χ2n) is 7.14. The number of benzene rings is 1. The van der Waals surface area contributed by atoms with Gasteiger partial charge in [-0.2, -0.15) is 11.8 Å². The molecule has 2 aromatic heterocycles. The maximum absolute atomic E-state index is 6.60. The van der Waals surface area contributed by atoms with Crippen LogP contribution in [-0.2, 0) is 4.74 Å². The van der Waals surface area contributed by atoms with Gasteiger partial charge >= 0.3 is 0 Å². The van der Waals surface area contributed by atoms with Gasteiger partial charge < -0.3 is 24.8 Å². The fourth-order valence-corrected chi connectivity index (χ4v) is 4.34. The van der Waals surface area contributed by atoms with E-state index >= 15 is 0 Å². The molecule has 0 saturated heterocycles. The lowest BCUT2D eigenvalue weighted by Crippen LogP contribution is -2.08. The Morgan fingerprint density at radius 2 is 1.62 bits per heavy atom. The van der Waals surface area contributed by atoms with Crippen LogP contribution in [0.15, 0.2) is 18.3 Å². The fourth-order valence-electron chi connectivity index (χ4n) is 3.11. The fraction of sp³-hybridized carbons (Fsp3) is 0.500. The Balaban J connectivity index is 0.000000874. The SMILES string of the molecule is CC.CCCOC.CCSCCNc1nc(-c2c(Cl)c(OC)cc(OC)c2Cl)cc2cnc(NC)nc12. The van der Waals surface area contributed by atoms with Gasteiger partial charge in [0.2, 0.25) is 5.95 Å².